The lowest BCUT2D eigenvalue weighted by Gasteiger charge is -2.23. The fourth-order valence-electron chi connectivity index (χ4n) is 3.36. The van der Waals surface area contributed by atoms with Gasteiger partial charge in [0.15, 0.2) is 0 Å². The number of nitrogens with one attached hydrogen (secondary N) is 2. The van der Waals surface area contributed by atoms with Crippen LogP contribution in [0.1, 0.15) is 32.1 Å². The molecule has 1 aromatic carbocycles. The van der Waals surface area contributed by atoms with Crippen LogP contribution in [-0.4, -0.2) is 21.0 Å². The molecule has 1 aliphatic carbocycles. The average Bonchev–Trinajstić information content (AvgIpc) is 2.69. The molecule has 1 fully saturated rings. The second kappa shape index (κ2) is 8.48. The van der Waals surface area contributed by atoms with E-state index in [1.807, 2.05) is 48.5 Å². The lowest BCUT2D eigenvalue weighted by Crippen LogP contribution is -2.23. The lowest BCUT2D eigenvalue weighted by atomic mass is 9.96. The highest BCUT2D eigenvalue weighted by molar-refractivity contribution is 9.10. The van der Waals surface area contributed by atoms with Crippen molar-refractivity contribution >= 4 is 33.4 Å². The van der Waals surface area contributed by atoms with Crippen LogP contribution in [0.15, 0.2) is 59.2 Å². The predicted molar refractivity (Wildman–Crippen MR) is 113 cm³/mol. The van der Waals surface area contributed by atoms with Gasteiger partial charge >= 0.3 is 0 Å². The molecule has 0 unspecified atom stereocenters. The summed E-state index contributed by atoms with van der Waals surface area (Å²) < 4.78 is 1.02. The topological polar surface area (TPSA) is 62.7 Å². The third-order valence-electron chi connectivity index (χ3n) is 4.69. The fraction of sp³-hybridized carbons (Fsp3) is 0.286. The molecule has 0 aliphatic heterocycles. The first-order valence-corrected chi connectivity index (χ1v) is 10.2. The van der Waals surface area contributed by atoms with Crippen LogP contribution in [-0.2, 0) is 0 Å². The maximum absolute atomic E-state index is 4.72. The van der Waals surface area contributed by atoms with Crippen molar-refractivity contribution in [3.05, 3.63) is 59.2 Å². The van der Waals surface area contributed by atoms with Crippen molar-refractivity contribution in [2.45, 2.75) is 38.1 Å². The van der Waals surface area contributed by atoms with Gasteiger partial charge in [-0.05, 0) is 43.2 Å². The van der Waals surface area contributed by atoms with Crippen LogP contribution in [0, 0.1) is 0 Å². The summed E-state index contributed by atoms with van der Waals surface area (Å²) in [6, 6.07) is 16.3. The average molecular weight is 424 g/mol. The Kier molecular flexibility index (Phi) is 5.63. The molecule has 0 radical (unpaired) electrons. The molecule has 2 heterocycles. The Morgan fingerprint density at radius 1 is 0.889 bits per heavy atom. The quantitative estimate of drug-likeness (QED) is 0.543. The molecular weight excluding hydrogens is 402 g/mol. The van der Waals surface area contributed by atoms with Crippen molar-refractivity contribution < 1.29 is 0 Å². The Balaban J connectivity index is 1.65. The summed E-state index contributed by atoms with van der Waals surface area (Å²) >= 11 is 3.51. The summed E-state index contributed by atoms with van der Waals surface area (Å²) in [6.07, 6.45) is 7.98. The molecule has 2 N–H and O–H groups in total. The van der Waals surface area contributed by atoms with Gasteiger partial charge in [0.2, 0.25) is 5.95 Å². The zero-order valence-corrected chi connectivity index (χ0v) is 16.6. The van der Waals surface area contributed by atoms with Crippen molar-refractivity contribution in [2.75, 3.05) is 10.6 Å². The fourth-order valence-corrected chi connectivity index (χ4v) is 3.76. The lowest BCUT2D eigenvalue weighted by molar-refractivity contribution is 0.461. The number of benzene rings is 1. The minimum Gasteiger partial charge on any atom is -0.351 e. The van der Waals surface area contributed by atoms with Gasteiger partial charge in [0.1, 0.15) is 5.82 Å². The molecule has 6 heteroatoms. The second-order valence-corrected chi connectivity index (χ2v) is 7.71. The number of pyridine rings is 1. The zero-order valence-electron chi connectivity index (χ0n) is 15.0. The Bertz CT molecular complexity index is 894. The monoisotopic (exact) mass is 423 g/mol. The third kappa shape index (κ3) is 4.83. The molecule has 0 amide bonds. The van der Waals surface area contributed by atoms with Crippen LogP contribution in [0.3, 0.4) is 0 Å². The highest BCUT2D eigenvalue weighted by Crippen LogP contribution is 2.26. The molecular formula is C21H22BrN5. The Hall–Kier alpha value is -2.47. The van der Waals surface area contributed by atoms with Gasteiger partial charge in [-0.1, -0.05) is 47.3 Å². The van der Waals surface area contributed by atoms with Gasteiger partial charge < -0.3 is 10.6 Å². The molecule has 1 saturated carbocycles. The van der Waals surface area contributed by atoms with E-state index in [2.05, 4.69) is 31.5 Å². The molecule has 4 rings (SSSR count). The van der Waals surface area contributed by atoms with E-state index in [0.717, 1.165) is 27.4 Å². The summed E-state index contributed by atoms with van der Waals surface area (Å²) in [5.41, 5.74) is 2.61. The largest absolute Gasteiger partial charge is 0.351 e. The molecule has 138 valence electrons. The number of hydrogen-bond acceptors (Lipinski definition) is 5. The van der Waals surface area contributed by atoms with Crippen molar-refractivity contribution in [3.63, 3.8) is 0 Å². The minimum atomic E-state index is 0.441. The van der Waals surface area contributed by atoms with Crippen molar-refractivity contribution in [1.82, 2.24) is 15.0 Å². The van der Waals surface area contributed by atoms with Crippen molar-refractivity contribution in [3.8, 4) is 11.4 Å². The predicted octanol–water partition coefficient (Wildman–Crippen LogP) is 5.79. The van der Waals surface area contributed by atoms with Gasteiger partial charge in [0, 0.05) is 28.5 Å². The number of rotatable bonds is 5. The summed E-state index contributed by atoms with van der Waals surface area (Å²) in [5.74, 6) is 1.41. The highest BCUT2D eigenvalue weighted by Gasteiger charge is 2.16. The van der Waals surface area contributed by atoms with E-state index in [-0.39, 0.29) is 0 Å². The van der Waals surface area contributed by atoms with E-state index in [4.69, 9.17) is 9.97 Å². The second-order valence-electron chi connectivity index (χ2n) is 6.79. The first-order chi connectivity index (χ1) is 13.3. The van der Waals surface area contributed by atoms with E-state index in [1.165, 1.54) is 32.1 Å². The number of anilines is 3. The zero-order chi connectivity index (χ0) is 18.5. The molecule has 1 aliphatic rings. The molecule has 27 heavy (non-hydrogen) atoms. The molecule has 3 aromatic rings. The Morgan fingerprint density at radius 2 is 1.78 bits per heavy atom. The first kappa shape index (κ1) is 17.9. The van der Waals surface area contributed by atoms with Crippen LogP contribution in [0.4, 0.5) is 17.5 Å². The number of halogens is 1. The molecule has 0 saturated heterocycles. The third-order valence-corrected chi connectivity index (χ3v) is 5.18. The van der Waals surface area contributed by atoms with E-state index in [9.17, 15) is 0 Å². The summed E-state index contributed by atoms with van der Waals surface area (Å²) in [7, 11) is 0. The van der Waals surface area contributed by atoms with Crippen LogP contribution in [0.5, 0.6) is 0 Å². The van der Waals surface area contributed by atoms with Crippen LogP contribution >= 0.6 is 15.9 Å². The van der Waals surface area contributed by atoms with Gasteiger partial charge in [0.25, 0.3) is 0 Å². The van der Waals surface area contributed by atoms with E-state index in [0.29, 0.717) is 12.0 Å². The number of aromatic nitrogens is 3. The maximum Gasteiger partial charge on any atom is 0.225 e. The van der Waals surface area contributed by atoms with E-state index >= 15 is 0 Å². The molecule has 5 nitrogen and oxygen atoms in total. The maximum atomic E-state index is 4.72. The smallest absolute Gasteiger partial charge is 0.225 e. The van der Waals surface area contributed by atoms with Gasteiger partial charge in [-0.25, -0.2) is 4.98 Å². The normalized spacial score (nSPS) is 14.7. The standard InChI is InChI=1S/C21H22BrN5/c22-15-7-6-10-17(13-15)24-20-14-19(18-11-4-5-12-23-18)26-21(27-20)25-16-8-2-1-3-9-16/h4-7,10-14,16H,1-3,8-9H2,(H2,24,25,26,27). The van der Waals surface area contributed by atoms with Gasteiger partial charge in [0.05, 0.1) is 11.4 Å². The Morgan fingerprint density at radius 3 is 2.56 bits per heavy atom. The van der Waals surface area contributed by atoms with E-state index < -0.39 is 0 Å². The van der Waals surface area contributed by atoms with Gasteiger partial charge in [-0.15, -0.1) is 0 Å². The molecule has 2 aromatic heterocycles. The molecule has 0 bridgehead atoms. The van der Waals surface area contributed by atoms with Crippen LogP contribution in [0.2, 0.25) is 0 Å². The molecule has 0 spiro atoms. The van der Waals surface area contributed by atoms with Crippen molar-refractivity contribution in [1.29, 1.82) is 0 Å². The number of nitrogens with zero attached hydrogens (tertiary/aromatic N) is 3. The molecule has 0 atom stereocenters. The summed E-state index contributed by atoms with van der Waals surface area (Å²) in [4.78, 5) is 13.9. The summed E-state index contributed by atoms with van der Waals surface area (Å²) in [6.45, 7) is 0. The van der Waals surface area contributed by atoms with Crippen LogP contribution < -0.4 is 10.6 Å². The SMILES string of the molecule is Brc1cccc(Nc2cc(-c3ccccn3)nc(NC3CCCCC3)n2)c1. The Labute approximate surface area is 167 Å². The first-order valence-electron chi connectivity index (χ1n) is 9.36. The minimum absolute atomic E-state index is 0.441. The summed E-state index contributed by atoms with van der Waals surface area (Å²) in [5, 5.41) is 6.91. The van der Waals surface area contributed by atoms with Gasteiger partial charge in [-0.3, -0.25) is 4.98 Å². The van der Waals surface area contributed by atoms with Gasteiger partial charge in [-0.2, -0.15) is 4.98 Å². The van der Waals surface area contributed by atoms with Crippen LogP contribution in [0.25, 0.3) is 11.4 Å². The number of hydrogen-bond donors (Lipinski definition) is 2. The van der Waals surface area contributed by atoms with Crippen molar-refractivity contribution in [2.24, 2.45) is 0 Å². The van der Waals surface area contributed by atoms with E-state index in [1.54, 1.807) is 6.20 Å². The highest BCUT2D eigenvalue weighted by atomic mass is 79.9.